The minimum atomic E-state index is -1.26. The van der Waals surface area contributed by atoms with E-state index in [4.69, 9.17) is 15.2 Å². The largest absolute Gasteiger partial charge is 0.419 e. The number of nitrogen functional groups attached to an aromatic ring is 1. The molecule has 4 rings (SSSR count). The second-order valence-corrected chi connectivity index (χ2v) is 7.26. The SMILES string of the molecule is CC1(C)OC(=O)C(=c2ccc3c(c2)Sc2cc(N)ccc2N=3)C(=O)O1. The molecule has 1 fully saturated rings. The van der Waals surface area contributed by atoms with Gasteiger partial charge >= 0.3 is 11.9 Å². The molecule has 0 saturated carbocycles. The Morgan fingerprint density at radius 2 is 1.72 bits per heavy atom. The molecule has 1 saturated heterocycles. The van der Waals surface area contributed by atoms with Crippen LogP contribution in [-0.2, 0) is 19.1 Å². The first-order valence-electron chi connectivity index (χ1n) is 7.59. The lowest BCUT2D eigenvalue weighted by atomic mass is 10.1. The van der Waals surface area contributed by atoms with Gasteiger partial charge in [-0.25, -0.2) is 14.6 Å². The van der Waals surface area contributed by atoms with Gasteiger partial charge in [0.15, 0.2) is 5.57 Å². The molecule has 126 valence electrons. The van der Waals surface area contributed by atoms with E-state index in [1.807, 2.05) is 12.1 Å². The van der Waals surface area contributed by atoms with Crippen molar-refractivity contribution in [2.24, 2.45) is 4.99 Å². The Morgan fingerprint density at radius 3 is 2.44 bits per heavy atom. The number of ether oxygens (including phenoxy) is 2. The fourth-order valence-corrected chi connectivity index (χ4v) is 3.74. The summed E-state index contributed by atoms with van der Waals surface area (Å²) in [5.41, 5.74) is 7.21. The molecule has 0 bridgehead atoms. The lowest BCUT2D eigenvalue weighted by Gasteiger charge is -2.29. The molecule has 7 heteroatoms. The zero-order chi connectivity index (χ0) is 17.8. The fourth-order valence-electron chi connectivity index (χ4n) is 2.69. The summed E-state index contributed by atoms with van der Waals surface area (Å²) in [6, 6.07) is 10.7. The molecule has 0 aromatic heterocycles. The molecule has 0 spiro atoms. The van der Waals surface area contributed by atoms with E-state index in [9.17, 15) is 9.59 Å². The number of nitrogens with zero attached hydrogens (tertiary/aromatic N) is 1. The minimum absolute atomic E-state index is 0.110. The molecule has 2 aromatic carbocycles. The highest BCUT2D eigenvalue weighted by Crippen LogP contribution is 2.37. The van der Waals surface area contributed by atoms with Gasteiger partial charge in [0.1, 0.15) is 0 Å². The standard InChI is InChI=1S/C18H14N2O4S/c1-18(2)23-16(21)15(17(22)24-18)9-3-5-11-13(7-9)25-14-8-10(19)4-6-12(14)20-11/h3-8H,19H2,1-2H3. The summed E-state index contributed by atoms with van der Waals surface area (Å²) in [7, 11) is 0. The maximum Gasteiger partial charge on any atom is 0.349 e. The third-order valence-electron chi connectivity index (χ3n) is 3.78. The molecule has 2 aromatic rings. The molecule has 0 aliphatic carbocycles. The van der Waals surface area contributed by atoms with Gasteiger partial charge in [-0.15, -0.1) is 0 Å². The van der Waals surface area contributed by atoms with Crippen molar-refractivity contribution in [2.45, 2.75) is 29.4 Å². The zero-order valence-corrected chi connectivity index (χ0v) is 14.3. The number of carbonyl (C=O) groups excluding carboxylic acids is 2. The molecule has 2 aliphatic heterocycles. The maximum atomic E-state index is 12.2. The van der Waals surface area contributed by atoms with E-state index in [0.717, 1.165) is 20.8 Å². The third kappa shape index (κ3) is 2.76. The molecular weight excluding hydrogens is 340 g/mol. The Bertz CT molecular complexity index is 1040. The summed E-state index contributed by atoms with van der Waals surface area (Å²) in [6.45, 7) is 3.03. The van der Waals surface area contributed by atoms with Crippen LogP contribution >= 0.6 is 11.8 Å². The van der Waals surface area contributed by atoms with Gasteiger partial charge in [-0.1, -0.05) is 17.8 Å². The topological polar surface area (TPSA) is 91.0 Å². The van der Waals surface area contributed by atoms with Gasteiger partial charge in [-0.2, -0.15) is 0 Å². The minimum Gasteiger partial charge on any atom is -0.419 e. The normalized spacial score (nSPS) is 17.8. The van der Waals surface area contributed by atoms with Crippen LogP contribution in [0.15, 0.2) is 51.2 Å². The summed E-state index contributed by atoms with van der Waals surface area (Å²) in [5, 5.41) is 1.21. The van der Waals surface area contributed by atoms with Crippen LogP contribution in [-0.4, -0.2) is 17.7 Å². The van der Waals surface area contributed by atoms with Crippen molar-refractivity contribution < 1.29 is 19.1 Å². The number of fused-ring (bicyclic) bond motifs is 2. The number of esters is 2. The summed E-state index contributed by atoms with van der Waals surface area (Å²) in [4.78, 5) is 30.8. The first-order chi connectivity index (χ1) is 11.8. The number of rotatable bonds is 0. The average Bonchev–Trinajstić information content (AvgIpc) is 2.51. The smallest absolute Gasteiger partial charge is 0.349 e. The molecule has 25 heavy (non-hydrogen) atoms. The van der Waals surface area contributed by atoms with Crippen molar-refractivity contribution in [2.75, 3.05) is 5.73 Å². The third-order valence-corrected chi connectivity index (χ3v) is 4.87. The molecule has 0 atom stereocenters. The summed E-state index contributed by atoms with van der Waals surface area (Å²) in [6.07, 6.45) is 0. The molecule has 0 amide bonds. The predicted molar refractivity (Wildman–Crippen MR) is 91.5 cm³/mol. The van der Waals surface area contributed by atoms with Crippen LogP contribution in [0.1, 0.15) is 13.8 Å². The van der Waals surface area contributed by atoms with Crippen LogP contribution < -0.4 is 16.3 Å². The van der Waals surface area contributed by atoms with Crippen LogP contribution in [0, 0.1) is 0 Å². The highest BCUT2D eigenvalue weighted by atomic mass is 32.2. The van der Waals surface area contributed by atoms with Crippen molar-refractivity contribution in [1.82, 2.24) is 0 Å². The van der Waals surface area contributed by atoms with E-state index >= 15 is 0 Å². The van der Waals surface area contributed by atoms with Crippen LogP contribution in [0.5, 0.6) is 0 Å². The van der Waals surface area contributed by atoms with Crippen molar-refractivity contribution in [3.8, 4) is 0 Å². The molecule has 2 N–H and O–H groups in total. The quantitative estimate of drug-likeness (QED) is 0.488. The Balaban J connectivity index is 1.86. The summed E-state index contributed by atoms with van der Waals surface area (Å²) >= 11 is 1.49. The van der Waals surface area contributed by atoms with Crippen molar-refractivity contribution in [3.63, 3.8) is 0 Å². The van der Waals surface area contributed by atoms with Crippen molar-refractivity contribution in [3.05, 3.63) is 47.0 Å². The Kier molecular flexibility index (Phi) is 3.36. The second kappa shape index (κ2) is 5.35. The first kappa shape index (κ1) is 15.7. The first-order valence-corrected chi connectivity index (χ1v) is 8.41. The van der Waals surface area contributed by atoms with E-state index in [1.165, 1.54) is 25.6 Å². The van der Waals surface area contributed by atoms with E-state index in [1.54, 1.807) is 24.3 Å². The second-order valence-electron chi connectivity index (χ2n) is 6.18. The number of hydrogen-bond donors (Lipinski definition) is 1. The Morgan fingerprint density at radius 1 is 1.00 bits per heavy atom. The number of hydrogen-bond acceptors (Lipinski definition) is 7. The Hall–Kier alpha value is -2.80. The van der Waals surface area contributed by atoms with Crippen LogP contribution in [0.25, 0.3) is 5.57 Å². The van der Waals surface area contributed by atoms with Crippen LogP contribution in [0.3, 0.4) is 0 Å². The Labute approximate surface area is 147 Å². The van der Waals surface area contributed by atoms with E-state index < -0.39 is 17.7 Å². The van der Waals surface area contributed by atoms with Gasteiger partial charge in [-0.3, -0.25) is 0 Å². The fraction of sp³-hybridized carbons (Fsp3) is 0.167. The molecular formula is C18H14N2O4S. The van der Waals surface area contributed by atoms with Gasteiger partial charge in [0.25, 0.3) is 5.79 Å². The number of cyclic esters (lactones) is 2. The van der Waals surface area contributed by atoms with Gasteiger partial charge in [0.2, 0.25) is 0 Å². The molecule has 0 radical (unpaired) electrons. The highest BCUT2D eigenvalue weighted by molar-refractivity contribution is 7.99. The lowest BCUT2D eigenvalue weighted by molar-refractivity contribution is -0.217. The highest BCUT2D eigenvalue weighted by Gasteiger charge is 2.39. The van der Waals surface area contributed by atoms with E-state index in [0.29, 0.717) is 10.9 Å². The summed E-state index contributed by atoms with van der Waals surface area (Å²) in [5.74, 6) is -2.64. The molecule has 6 nitrogen and oxygen atoms in total. The van der Waals surface area contributed by atoms with Gasteiger partial charge in [0.05, 0.1) is 11.0 Å². The van der Waals surface area contributed by atoms with Crippen LogP contribution in [0.2, 0.25) is 0 Å². The monoisotopic (exact) mass is 354 g/mol. The average molecular weight is 354 g/mol. The summed E-state index contributed by atoms with van der Waals surface area (Å²) < 4.78 is 10.3. The van der Waals surface area contributed by atoms with Gasteiger partial charge in [-0.05, 0) is 35.6 Å². The van der Waals surface area contributed by atoms with Gasteiger partial charge < -0.3 is 15.2 Å². The number of benzene rings is 2. The molecule has 2 heterocycles. The predicted octanol–water partition coefficient (Wildman–Crippen LogP) is 1.67. The number of nitrogens with two attached hydrogens (primary N) is 1. The maximum absolute atomic E-state index is 12.2. The lowest BCUT2D eigenvalue weighted by Crippen LogP contribution is -2.43. The molecule has 0 unspecified atom stereocenters. The van der Waals surface area contributed by atoms with Crippen molar-refractivity contribution in [1.29, 1.82) is 0 Å². The molecule has 2 aliphatic rings. The zero-order valence-electron chi connectivity index (χ0n) is 13.5. The van der Waals surface area contributed by atoms with E-state index in [-0.39, 0.29) is 5.57 Å². The number of carbonyl (C=O) groups is 2. The van der Waals surface area contributed by atoms with Gasteiger partial charge in [0, 0.05) is 29.3 Å². The van der Waals surface area contributed by atoms with E-state index in [2.05, 4.69) is 4.99 Å². The van der Waals surface area contributed by atoms with Crippen molar-refractivity contribution >= 4 is 40.6 Å². The van der Waals surface area contributed by atoms with Crippen LogP contribution in [0.4, 0.5) is 11.4 Å². The number of anilines is 1.